The van der Waals surface area contributed by atoms with Crippen molar-refractivity contribution >= 4 is 17.3 Å². The monoisotopic (exact) mass is 213 g/mol. The Morgan fingerprint density at radius 2 is 2.50 bits per heavy atom. The third-order valence-corrected chi connectivity index (χ3v) is 2.91. The lowest BCUT2D eigenvalue weighted by Crippen LogP contribution is -2.25. The summed E-state index contributed by atoms with van der Waals surface area (Å²) in [4.78, 5) is 11.2. The second kappa shape index (κ2) is 5.78. The van der Waals surface area contributed by atoms with Gasteiger partial charge in [-0.05, 0) is 35.2 Å². The van der Waals surface area contributed by atoms with E-state index in [4.69, 9.17) is 5.73 Å². The predicted molar refractivity (Wildman–Crippen MR) is 57.2 cm³/mol. The zero-order valence-corrected chi connectivity index (χ0v) is 9.05. The van der Waals surface area contributed by atoms with Crippen molar-refractivity contribution in [1.82, 2.24) is 0 Å². The first-order chi connectivity index (χ1) is 6.77. The minimum absolute atomic E-state index is 0.167. The molecule has 0 saturated carbocycles. The predicted octanol–water partition coefficient (Wildman–Crippen LogP) is 1.43. The van der Waals surface area contributed by atoms with Gasteiger partial charge in [0.05, 0.1) is 13.0 Å². The van der Waals surface area contributed by atoms with Crippen LogP contribution in [-0.4, -0.2) is 19.6 Å². The summed E-state index contributed by atoms with van der Waals surface area (Å²) in [7, 11) is 1.40. The lowest BCUT2D eigenvalue weighted by Gasteiger charge is -2.10. The summed E-state index contributed by atoms with van der Waals surface area (Å²) in [6, 6.07) is 2.07. The summed E-state index contributed by atoms with van der Waals surface area (Å²) in [6.45, 7) is 0.358. The number of thiophene rings is 1. The van der Waals surface area contributed by atoms with Crippen LogP contribution in [-0.2, 0) is 16.0 Å². The Morgan fingerprint density at radius 1 is 1.71 bits per heavy atom. The molecule has 1 unspecified atom stereocenters. The normalized spacial score (nSPS) is 12.4. The van der Waals surface area contributed by atoms with E-state index in [1.54, 1.807) is 11.3 Å². The zero-order valence-electron chi connectivity index (χ0n) is 8.23. The van der Waals surface area contributed by atoms with E-state index in [1.165, 1.54) is 12.7 Å². The van der Waals surface area contributed by atoms with Gasteiger partial charge in [0.2, 0.25) is 0 Å². The first-order valence-corrected chi connectivity index (χ1v) is 5.51. The standard InChI is InChI=1S/C10H15NO2S/c1-13-10(12)9(6-11)3-2-8-4-5-14-7-8/h4-5,7,9H,2-3,6,11H2,1H3. The molecule has 1 aromatic heterocycles. The van der Waals surface area contributed by atoms with E-state index in [0.29, 0.717) is 6.54 Å². The molecule has 0 aliphatic rings. The molecule has 0 fully saturated rings. The van der Waals surface area contributed by atoms with Crippen LogP contribution in [0.5, 0.6) is 0 Å². The zero-order chi connectivity index (χ0) is 10.4. The fourth-order valence-electron chi connectivity index (χ4n) is 1.27. The Balaban J connectivity index is 2.38. The van der Waals surface area contributed by atoms with Crippen LogP contribution in [0.15, 0.2) is 16.8 Å². The number of esters is 1. The molecule has 3 nitrogen and oxygen atoms in total. The minimum Gasteiger partial charge on any atom is -0.469 e. The molecule has 0 aliphatic carbocycles. The smallest absolute Gasteiger partial charge is 0.309 e. The summed E-state index contributed by atoms with van der Waals surface area (Å²) < 4.78 is 4.66. The van der Waals surface area contributed by atoms with Crippen molar-refractivity contribution in [1.29, 1.82) is 0 Å². The van der Waals surface area contributed by atoms with Gasteiger partial charge in [-0.15, -0.1) is 0 Å². The van der Waals surface area contributed by atoms with Crippen LogP contribution in [0, 0.1) is 5.92 Å². The van der Waals surface area contributed by atoms with Gasteiger partial charge in [0.25, 0.3) is 0 Å². The molecule has 1 atom stereocenters. The molecule has 0 amide bonds. The summed E-state index contributed by atoms with van der Waals surface area (Å²) in [5, 5.41) is 4.12. The van der Waals surface area contributed by atoms with Gasteiger partial charge < -0.3 is 10.5 Å². The number of nitrogens with two attached hydrogens (primary N) is 1. The van der Waals surface area contributed by atoms with Crippen LogP contribution >= 0.6 is 11.3 Å². The topological polar surface area (TPSA) is 52.3 Å². The fraction of sp³-hybridized carbons (Fsp3) is 0.500. The van der Waals surface area contributed by atoms with Crippen LogP contribution in [0.2, 0.25) is 0 Å². The lowest BCUT2D eigenvalue weighted by atomic mass is 10.0. The Morgan fingerprint density at radius 3 is 3.00 bits per heavy atom. The average Bonchev–Trinajstić information content (AvgIpc) is 2.71. The summed E-state index contributed by atoms with van der Waals surface area (Å²) in [6.07, 6.45) is 1.65. The van der Waals surface area contributed by atoms with Crippen molar-refractivity contribution in [3.8, 4) is 0 Å². The molecular weight excluding hydrogens is 198 g/mol. The van der Waals surface area contributed by atoms with Crippen molar-refractivity contribution in [3.63, 3.8) is 0 Å². The molecule has 14 heavy (non-hydrogen) atoms. The van der Waals surface area contributed by atoms with Crippen molar-refractivity contribution in [2.75, 3.05) is 13.7 Å². The molecule has 1 rings (SSSR count). The molecule has 1 heterocycles. The van der Waals surface area contributed by atoms with Gasteiger partial charge in [0.1, 0.15) is 0 Å². The van der Waals surface area contributed by atoms with Gasteiger partial charge in [0.15, 0.2) is 0 Å². The van der Waals surface area contributed by atoms with Crippen molar-refractivity contribution < 1.29 is 9.53 Å². The SMILES string of the molecule is COC(=O)C(CN)CCc1ccsc1. The van der Waals surface area contributed by atoms with Crippen molar-refractivity contribution in [3.05, 3.63) is 22.4 Å². The molecule has 4 heteroatoms. The van der Waals surface area contributed by atoms with Gasteiger partial charge in [-0.1, -0.05) is 0 Å². The number of hydrogen-bond acceptors (Lipinski definition) is 4. The molecule has 78 valence electrons. The Bertz CT molecular complexity index is 272. The number of ether oxygens (including phenoxy) is 1. The number of hydrogen-bond donors (Lipinski definition) is 1. The van der Waals surface area contributed by atoms with E-state index in [1.807, 2.05) is 5.38 Å². The average molecular weight is 213 g/mol. The highest BCUT2D eigenvalue weighted by molar-refractivity contribution is 7.07. The molecule has 0 radical (unpaired) electrons. The summed E-state index contributed by atoms with van der Waals surface area (Å²) in [5.41, 5.74) is 6.75. The summed E-state index contributed by atoms with van der Waals surface area (Å²) in [5.74, 6) is -0.373. The van der Waals surface area contributed by atoms with Gasteiger partial charge in [-0.2, -0.15) is 11.3 Å². The second-order valence-corrected chi connectivity index (χ2v) is 3.91. The van der Waals surface area contributed by atoms with Gasteiger partial charge in [-0.3, -0.25) is 4.79 Å². The molecule has 0 bridgehead atoms. The first-order valence-electron chi connectivity index (χ1n) is 4.57. The Labute approximate surface area is 87.9 Å². The molecule has 0 saturated heterocycles. The van der Waals surface area contributed by atoms with E-state index in [0.717, 1.165) is 12.8 Å². The molecule has 0 aromatic carbocycles. The van der Waals surface area contributed by atoms with Gasteiger partial charge in [-0.25, -0.2) is 0 Å². The highest BCUT2D eigenvalue weighted by atomic mass is 32.1. The fourth-order valence-corrected chi connectivity index (χ4v) is 1.98. The van der Waals surface area contributed by atoms with Crippen LogP contribution in [0.25, 0.3) is 0 Å². The lowest BCUT2D eigenvalue weighted by molar-refractivity contribution is -0.145. The Hall–Kier alpha value is -0.870. The van der Waals surface area contributed by atoms with E-state index < -0.39 is 0 Å². The number of rotatable bonds is 5. The van der Waals surface area contributed by atoms with E-state index >= 15 is 0 Å². The van der Waals surface area contributed by atoms with Crippen molar-refractivity contribution in [2.24, 2.45) is 11.7 Å². The van der Waals surface area contributed by atoms with Crippen molar-refractivity contribution in [2.45, 2.75) is 12.8 Å². The molecule has 0 aliphatic heterocycles. The van der Waals surface area contributed by atoms with Crippen LogP contribution < -0.4 is 5.73 Å². The van der Waals surface area contributed by atoms with Gasteiger partial charge in [0, 0.05) is 6.54 Å². The number of carbonyl (C=O) groups excluding carboxylic acids is 1. The largest absolute Gasteiger partial charge is 0.469 e. The highest BCUT2D eigenvalue weighted by Crippen LogP contribution is 2.13. The number of methoxy groups -OCH3 is 1. The second-order valence-electron chi connectivity index (χ2n) is 3.13. The molecule has 2 N–H and O–H groups in total. The number of carbonyl (C=O) groups is 1. The van der Waals surface area contributed by atoms with Crippen LogP contribution in [0.1, 0.15) is 12.0 Å². The highest BCUT2D eigenvalue weighted by Gasteiger charge is 2.16. The minimum atomic E-state index is -0.206. The van der Waals surface area contributed by atoms with E-state index in [9.17, 15) is 4.79 Å². The summed E-state index contributed by atoms with van der Waals surface area (Å²) >= 11 is 1.67. The molecular formula is C10H15NO2S. The van der Waals surface area contributed by atoms with Crippen LogP contribution in [0.3, 0.4) is 0 Å². The third kappa shape index (κ3) is 3.12. The quantitative estimate of drug-likeness (QED) is 0.753. The van der Waals surface area contributed by atoms with Gasteiger partial charge >= 0.3 is 5.97 Å². The first kappa shape index (κ1) is 11.2. The maximum atomic E-state index is 11.2. The maximum absolute atomic E-state index is 11.2. The number of aryl methyl sites for hydroxylation is 1. The maximum Gasteiger partial charge on any atom is 0.309 e. The van der Waals surface area contributed by atoms with E-state index in [2.05, 4.69) is 16.2 Å². The molecule has 1 aromatic rings. The Kier molecular flexibility index (Phi) is 4.62. The molecule has 0 spiro atoms. The third-order valence-electron chi connectivity index (χ3n) is 2.18. The van der Waals surface area contributed by atoms with Crippen LogP contribution in [0.4, 0.5) is 0 Å². The van der Waals surface area contributed by atoms with E-state index in [-0.39, 0.29) is 11.9 Å².